The highest BCUT2D eigenvalue weighted by molar-refractivity contribution is 5.88. The number of rotatable bonds is 7. The van der Waals surface area contributed by atoms with Crippen molar-refractivity contribution in [1.82, 2.24) is 10.6 Å². The van der Waals surface area contributed by atoms with E-state index in [4.69, 9.17) is 0 Å². The molecule has 0 fully saturated rings. The maximum Gasteiger partial charge on any atom is 0.239 e. The Balaban J connectivity index is 2.21. The van der Waals surface area contributed by atoms with E-state index >= 15 is 0 Å². The molecular formula is C20H31N3O2. The first-order chi connectivity index (χ1) is 12.0. The molecule has 5 nitrogen and oxygen atoms in total. The van der Waals surface area contributed by atoms with Gasteiger partial charge in [-0.1, -0.05) is 32.0 Å². The number of nitrogens with zero attached hydrogens (tertiary/aromatic N) is 1. The fourth-order valence-electron chi connectivity index (χ4n) is 3.29. The highest BCUT2D eigenvalue weighted by Gasteiger charge is 2.34. The summed E-state index contributed by atoms with van der Waals surface area (Å²) in [5.74, 6) is -0.0371. The van der Waals surface area contributed by atoms with Gasteiger partial charge in [0, 0.05) is 24.3 Å². The molecule has 0 aliphatic carbocycles. The molecule has 0 radical (unpaired) electrons. The maximum atomic E-state index is 12.7. The topological polar surface area (TPSA) is 61.4 Å². The summed E-state index contributed by atoms with van der Waals surface area (Å²) in [5, 5.41) is 6.05. The largest absolute Gasteiger partial charge is 0.359 e. The summed E-state index contributed by atoms with van der Waals surface area (Å²) in [6, 6.07) is 8.27. The predicted molar refractivity (Wildman–Crippen MR) is 102 cm³/mol. The molecular weight excluding hydrogens is 314 g/mol. The Morgan fingerprint density at radius 3 is 2.68 bits per heavy atom. The van der Waals surface area contributed by atoms with Crippen molar-refractivity contribution in [3.63, 3.8) is 0 Å². The number of benzene rings is 1. The molecule has 0 unspecified atom stereocenters. The normalized spacial score (nSPS) is 20.6. The molecule has 138 valence electrons. The molecule has 1 aliphatic rings. The minimum absolute atomic E-state index is 0.0333. The molecule has 0 bridgehead atoms. The van der Waals surface area contributed by atoms with Crippen molar-refractivity contribution in [1.29, 1.82) is 0 Å². The summed E-state index contributed by atoms with van der Waals surface area (Å²) in [4.78, 5) is 27.0. The fraction of sp³-hybridized carbons (Fsp3) is 0.600. The van der Waals surface area contributed by atoms with E-state index in [-0.39, 0.29) is 29.8 Å². The first kappa shape index (κ1) is 19.3. The summed E-state index contributed by atoms with van der Waals surface area (Å²) in [7, 11) is 0. The SMILES string of the molecule is CCCNC(=O)CN1c2ccccc2[C@H](C(=O)N[C@H](C)CC)C[C@@H]1C. The molecule has 0 saturated heterocycles. The summed E-state index contributed by atoms with van der Waals surface area (Å²) in [5.41, 5.74) is 2.02. The van der Waals surface area contributed by atoms with Gasteiger partial charge in [-0.05, 0) is 44.7 Å². The first-order valence-electron chi connectivity index (χ1n) is 9.40. The van der Waals surface area contributed by atoms with Gasteiger partial charge in [0.05, 0.1) is 12.5 Å². The van der Waals surface area contributed by atoms with E-state index in [9.17, 15) is 9.59 Å². The summed E-state index contributed by atoms with van der Waals surface area (Å²) < 4.78 is 0. The van der Waals surface area contributed by atoms with Crippen molar-refractivity contribution in [3.8, 4) is 0 Å². The number of carbonyl (C=O) groups is 2. The standard InChI is InChI=1S/C20H31N3O2/c1-5-11-21-19(24)13-23-15(4)12-17(20(25)22-14(3)6-2)16-9-7-8-10-18(16)23/h7-10,14-15,17H,5-6,11-13H2,1-4H3,(H,21,24)(H,22,25)/t14-,15+,17-/m1/s1. The van der Waals surface area contributed by atoms with E-state index in [1.54, 1.807) is 0 Å². The lowest BCUT2D eigenvalue weighted by molar-refractivity contribution is -0.123. The highest BCUT2D eigenvalue weighted by Crippen LogP contribution is 2.38. The highest BCUT2D eigenvalue weighted by atomic mass is 16.2. The zero-order valence-corrected chi connectivity index (χ0v) is 15.8. The van der Waals surface area contributed by atoms with Gasteiger partial charge >= 0.3 is 0 Å². The number of nitrogens with one attached hydrogen (secondary N) is 2. The fourth-order valence-corrected chi connectivity index (χ4v) is 3.29. The molecule has 1 aliphatic heterocycles. The quantitative estimate of drug-likeness (QED) is 0.799. The molecule has 1 aromatic rings. The third kappa shape index (κ3) is 4.74. The number of carbonyl (C=O) groups excluding carboxylic acids is 2. The smallest absolute Gasteiger partial charge is 0.239 e. The van der Waals surface area contributed by atoms with Gasteiger partial charge < -0.3 is 15.5 Å². The van der Waals surface area contributed by atoms with Crippen LogP contribution in [0.5, 0.6) is 0 Å². The van der Waals surface area contributed by atoms with E-state index in [0.717, 1.165) is 30.5 Å². The number of hydrogen-bond acceptors (Lipinski definition) is 3. The van der Waals surface area contributed by atoms with Crippen LogP contribution in [0.4, 0.5) is 5.69 Å². The third-order valence-corrected chi connectivity index (χ3v) is 4.93. The van der Waals surface area contributed by atoms with Crippen LogP contribution in [0, 0.1) is 0 Å². The Kier molecular flexibility index (Phi) is 6.85. The zero-order valence-electron chi connectivity index (χ0n) is 15.8. The van der Waals surface area contributed by atoms with Gasteiger partial charge in [-0.25, -0.2) is 0 Å². The Bertz CT molecular complexity index is 602. The molecule has 2 amide bonds. The Morgan fingerprint density at radius 1 is 1.28 bits per heavy atom. The second kappa shape index (κ2) is 8.88. The summed E-state index contributed by atoms with van der Waals surface area (Å²) in [6.45, 7) is 9.26. The molecule has 0 saturated carbocycles. The molecule has 2 N–H and O–H groups in total. The second-order valence-electron chi connectivity index (χ2n) is 6.99. The second-order valence-corrected chi connectivity index (χ2v) is 6.99. The number of amides is 2. The summed E-state index contributed by atoms with van der Waals surface area (Å²) >= 11 is 0. The van der Waals surface area contributed by atoms with Crippen LogP contribution >= 0.6 is 0 Å². The van der Waals surface area contributed by atoms with Crippen molar-refractivity contribution in [3.05, 3.63) is 29.8 Å². The van der Waals surface area contributed by atoms with Gasteiger partial charge in [0.2, 0.25) is 11.8 Å². The van der Waals surface area contributed by atoms with Crippen molar-refractivity contribution in [2.24, 2.45) is 0 Å². The van der Waals surface area contributed by atoms with E-state index < -0.39 is 0 Å². The third-order valence-electron chi connectivity index (χ3n) is 4.93. The van der Waals surface area contributed by atoms with Crippen molar-refractivity contribution < 1.29 is 9.59 Å². The van der Waals surface area contributed by atoms with Gasteiger partial charge in [0.1, 0.15) is 0 Å². The van der Waals surface area contributed by atoms with E-state index in [2.05, 4.69) is 29.4 Å². The minimum Gasteiger partial charge on any atom is -0.359 e. The van der Waals surface area contributed by atoms with Gasteiger partial charge in [-0.15, -0.1) is 0 Å². The molecule has 0 aromatic heterocycles. The van der Waals surface area contributed by atoms with Crippen LogP contribution in [0.3, 0.4) is 0 Å². The van der Waals surface area contributed by atoms with Gasteiger partial charge in [0.15, 0.2) is 0 Å². The molecule has 5 heteroatoms. The number of hydrogen-bond donors (Lipinski definition) is 2. The zero-order chi connectivity index (χ0) is 18.4. The van der Waals surface area contributed by atoms with E-state index in [0.29, 0.717) is 13.1 Å². The van der Waals surface area contributed by atoms with Crippen LogP contribution in [0.2, 0.25) is 0 Å². The van der Waals surface area contributed by atoms with Crippen LogP contribution < -0.4 is 15.5 Å². The van der Waals surface area contributed by atoms with Crippen molar-refractivity contribution >= 4 is 17.5 Å². The van der Waals surface area contributed by atoms with Gasteiger partial charge in [-0.3, -0.25) is 9.59 Å². The Hall–Kier alpha value is -2.04. The summed E-state index contributed by atoms with van der Waals surface area (Å²) in [6.07, 6.45) is 2.56. The van der Waals surface area contributed by atoms with Gasteiger partial charge in [0.25, 0.3) is 0 Å². The lowest BCUT2D eigenvalue weighted by Crippen LogP contribution is -2.48. The lowest BCUT2D eigenvalue weighted by Gasteiger charge is -2.40. The van der Waals surface area contributed by atoms with E-state index in [1.165, 1.54) is 0 Å². The average Bonchev–Trinajstić information content (AvgIpc) is 2.61. The Labute approximate surface area is 151 Å². The molecule has 3 atom stereocenters. The number of fused-ring (bicyclic) bond motifs is 1. The maximum absolute atomic E-state index is 12.7. The van der Waals surface area contributed by atoms with Crippen LogP contribution in [0.25, 0.3) is 0 Å². The van der Waals surface area contributed by atoms with Crippen LogP contribution in [0.15, 0.2) is 24.3 Å². The van der Waals surface area contributed by atoms with E-state index in [1.807, 2.05) is 38.1 Å². The van der Waals surface area contributed by atoms with Crippen LogP contribution in [-0.2, 0) is 9.59 Å². The molecule has 25 heavy (non-hydrogen) atoms. The average molecular weight is 345 g/mol. The minimum atomic E-state index is -0.157. The monoisotopic (exact) mass is 345 g/mol. The number of anilines is 1. The van der Waals surface area contributed by atoms with Crippen molar-refractivity contribution in [2.75, 3.05) is 18.0 Å². The first-order valence-corrected chi connectivity index (χ1v) is 9.40. The lowest BCUT2D eigenvalue weighted by atomic mass is 9.85. The molecule has 2 rings (SSSR count). The number of para-hydroxylation sites is 1. The van der Waals surface area contributed by atoms with Crippen LogP contribution in [0.1, 0.15) is 58.4 Å². The van der Waals surface area contributed by atoms with Gasteiger partial charge in [-0.2, -0.15) is 0 Å². The van der Waals surface area contributed by atoms with Crippen molar-refractivity contribution in [2.45, 2.75) is 65.0 Å². The predicted octanol–water partition coefficient (Wildman–Crippen LogP) is 2.81. The van der Waals surface area contributed by atoms with Crippen LogP contribution in [-0.4, -0.2) is 37.0 Å². The molecule has 1 heterocycles. The Morgan fingerprint density at radius 2 is 2.00 bits per heavy atom. The molecule has 1 aromatic carbocycles. The molecule has 0 spiro atoms.